The van der Waals surface area contributed by atoms with Crippen molar-refractivity contribution in [3.63, 3.8) is 0 Å². The Labute approximate surface area is 226 Å². The van der Waals surface area contributed by atoms with Gasteiger partial charge in [-0.3, -0.25) is 0 Å². The Hall–Kier alpha value is 0.370. The minimum atomic E-state index is -1.15. The number of benzene rings is 2. The van der Waals surface area contributed by atoms with Crippen molar-refractivity contribution in [2.45, 2.75) is 61.5 Å². The molecule has 184 valence electrons. The van der Waals surface area contributed by atoms with Gasteiger partial charge in [0.05, 0.1) is 12.2 Å². The average molecular weight is 637 g/mol. The maximum absolute atomic E-state index is 9.92. The van der Waals surface area contributed by atoms with Crippen molar-refractivity contribution in [1.82, 2.24) is 0 Å². The molecule has 0 radical (unpaired) electrons. The minimum Gasteiger partial charge on any atom is -0.392 e. The van der Waals surface area contributed by atoms with E-state index in [1.54, 1.807) is 0 Å². The summed E-state index contributed by atoms with van der Waals surface area (Å²) in [5.41, 5.74) is 2.80. The monoisotopic (exact) mass is 634 g/mol. The Morgan fingerprint density at radius 3 is 1.58 bits per heavy atom. The molecule has 3 rings (SSSR count). The minimum absolute atomic E-state index is 0.188. The normalized spacial score (nSPS) is 16.8. The zero-order valence-electron chi connectivity index (χ0n) is 19.6. The van der Waals surface area contributed by atoms with Crippen LogP contribution in [0.3, 0.4) is 0 Å². The predicted molar refractivity (Wildman–Crippen MR) is 158 cm³/mol. The summed E-state index contributed by atoms with van der Waals surface area (Å²) in [5.74, 6) is 6.24. The molecule has 1 aliphatic rings. The molecule has 2 nitrogen and oxygen atoms in total. The topological polar surface area (TPSA) is 40.5 Å². The largest absolute Gasteiger partial charge is 0.392 e. The molecule has 0 saturated heterocycles. The van der Waals surface area contributed by atoms with Crippen molar-refractivity contribution in [3.8, 4) is 11.1 Å². The highest BCUT2D eigenvalue weighted by molar-refractivity contribution is 9.10. The van der Waals surface area contributed by atoms with Crippen molar-refractivity contribution in [1.29, 1.82) is 0 Å². The number of thioether (sulfide) groups is 2. The number of rotatable bonds is 14. The van der Waals surface area contributed by atoms with Crippen LogP contribution < -0.4 is 0 Å². The molecule has 0 bridgehead atoms. The second kappa shape index (κ2) is 13.6. The molecular formula is C26H36Br2O2S3. The van der Waals surface area contributed by atoms with Crippen LogP contribution >= 0.6 is 65.4 Å². The highest BCUT2D eigenvalue weighted by Crippen LogP contribution is 2.72. The summed E-state index contributed by atoms with van der Waals surface area (Å²) in [6.07, 6.45) is 3.61. The molecule has 2 unspecified atom stereocenters. The number of aliphatic hydroxyl groups excluding tert-OH is 2. The van der Waals surface area contributed by atoms with Gasteiger partial charge >= 0.3 is 0 Å². The van der Waals surface area contributed by atoms with E-state index < -0.39 is 10.0 Å². The van der Waals surface area contributed by atoms with E-state index in [0.29, 0.717) is 0 Å². The Morgan fingerprint density at radius 1 is 0.758 bits per heavy atom. The van der Waals surface area contributed by atoms with Gasteiger partial charge in [-0.25, -0.2) is 0 Å². The van der Waals surface area contributed by atoms with E-state index in [1.807, 2.05) is 37.4 Å². The van der Waals surface area contributed by atoms with E-state index in [-0.39, 0.29) is 12.2 Å². The highest BCUT2D eigenvalue weighted by atomic mass is 79.9. The van der Waals surface area contributed by atoms with Crippen LogP contribution in [0, 0.1) is 0 Å². The maximum Gasteiger partial charge on any atom is 0.0628 e. The molecule has 0 saturated carbocycles. The summed E-state index contributed by atoms with van der Waals surface area (Å²) >= 11 is 11.3. The summed E-state index contributed by atoms with van der Waals surface area (Å²) in [4.78, 5) is 3.06. The molecule has 2 aromatic carbocycles. The number of hydrogen-bond donors (Lipinski definition) is 2. The van der Waals surface area contributed by atoms with Gasteiger partial charge in [-0.2, -0.15) is 33.6 Å². The third-order valence-electron chi connectivity index (χ3n) is 6.15. The molecule has 0 amide bonds. The molecular weight excluding hydrogens is 600 g/mol. The van der Waals surface area contributed by atoms with Crippen molar-refractivity contribution < 1.29 is 10.2 Å². The van der Waals surface area contributed by atoms with Crippen LogP contribution in [-0.2, 0) is 0 Å². The van der Waals surface area contributed by atoms with Crippen molar-refractivity contribution in [2.75, 3.05) is 34.5 Å². The standard InChI is InChI=1S/C26H36Br2O2S3/c1-3-21(29)17-31-11-5-13-33(14-6-12-32-18-22(30)4-2)25-15-19(27)7-9-23(25)24-10-8-20(28)16-26(24)33/h7-10,15-16,21-22,29-30H,3-6,11-14,17-18H2,1-2H3. The first-order chi connectivity index (χ1) is 15.9. The zero-order chi connectivity index (χ0) is 23.8. The third-order valence-corrected chi connectivity index (χ3v) is 13.9. The maximum atomic E-state index is 9.92. The van der Waals surface area contributed by atoms with Crippen LogP contribution in [0.15, 0.2) is 55.1 Å². The number of aliphatic hydroxyl groups is 2. The molecule has 0 spiro atoms. The van der Waals surface area contributed by atoms with Gasteiger partial charge in [0.1, 0.15) is 0 Å². The first kappa shape index (κ1) is 27.9. The fourth-order valence-corrected chi connectivity index (χ4v) is 12.2. The van der Waals surface area contributed by atoms with Crippen LogP contribution in [0.2, 0.25) is 0 Å². The SMILES string of the molecule is CCC(O)CSCCCS1(CCCSCC(O)CC)c2cc(Br)ccc2-c2ccc(Br)cc21. The fourth-order valence-electron chi connectivity index (χ4n) is 4.23. The molecule has 2 N–H and O–H groups in total. The van der Waals surface area contributed by atoms with Gasteiger partial charge in [0.25, 0.3) is 0 Å². The lowest BCUT2D eigenvalue weighted by Gasteiger charge is -2.39. The van der Waals surface area contributed by atoms with Crippen LogP contribution in [0.1, 0.15) is 39.5 Å². The van der Waals surface area contributed by atoms with Gasteiger partial charge in [0, 0.05) is 30.2 Å². The molecule has 2 aromatic rings. The molecule has 1 heterocycles. The highest BCUT2D eigenvalue weighted by Gasteiger charge is 2.38. The summed E-state index contributed by atoms with van der Waals surface area (Å²) in [5, 5.41) is 19.8. The van der Waals surface area contributed by atoms with Crippen LogP contribution in [0.5, 0.6) is 0 Å². The fraction of sp³-hybridized carbons (Fsp3) is 0.538. The lowest BCUT2D eigenvalue weighted by atomic mass is 10.1. The van der Waals surface area contributed by atoms with E-state index >= 15 is 0 Å². The Kier molecular flexibility index (Phi) is 11.5. The predicted octanol–water partition coefficient (Wildman–Crippen LogP) is 8.20. The first-order valence-corrected chi connectivity index (χ1v) is 17.7. The number of halogens is 2. The lowest BCUT2D eigenvalue weighted by molar-refractivity contribution is 0.195. The third kappa shape index (κ3) is 7.21. The molecule has 1 aliphatic heterocycles. The van der Waals surface area contributed by atoms with Gasteiger partial charge in [-0.1, -0.05) is 57.8 Å². The van der Waals surface area contributed by atoms with E-state index in [9.17, 15) is 10.2 Å². The van der Waals surface area contributed by atoms with Crippen LogP contribution in [-0.4, -0.2) is 56.9 Å². The smallest absolute Gasteiger partial charge is 0.0628 e. The molecule has 0 aliphatic carbocycles. The second-order valence-corrected chi connectivity index (χ2v) is 16.1. The molecule has 0 aromatic heterocycles. The van der Waals surface area contributed by atoms with Gasteiger partial charge < -0.3 is 10.2 Å². The average Bonchev–Trinajstić information content (AvgIpc) is 3.06. The van der Waals surface area contributed by atoms with Crippen LogP contribution in [0.4, 0.5) is 0 Å². The lowest BCUT2D eigenvalue weighted by Crippen LogP contribution is -2.13. The summed E-state index contributed by atoms with van der Waals surface area (Å²) in [6.45, 7) is 4.09. The Balaban J connectivity index is 1.83. The summed E-state index contributed by atoms with van der Waals surface area (Å²) < 4.78 is 2.32. The molecule has 0 fully saturated rings. The van der Waals surface area contributed by atoms with Crippen molar-refractivity contribution in [2.24, 2.45) is 0 Å². The Morgan fingerprint density at radius 2 is 1.18 bits per heavy atom. The summed E-state index contributed by atoms with van der Waals surface area (Å²) in [7, 11) is -1.15. The van der Waals surface area contributed by atoms with Gasteiger partial charge in [0.15, 0.2) is 0 Å². The molecule has 7 heteroatoms. The van der Waals surface area contributed by atoms with Crippen molar-refractivity contribution >= 4 is 65.4 Å². The summed E-state index contributed by atoms with van der Waals surface area (Å²) in [6, 6.07) is 13.7. The van der Waals surface area contributed by atoms with E-state index in [0.717, 1.165) is 57.6 Å². The first-order valence-electron chi connectivity index (χ1n) is 11.8. The quantitative estimate of drug-likeness (QED) is 0.205. The molecule has 2 atom stereocenters. The van der Waals surface area contributed by atoms with E-state index in [4.69, 9.17) is 0 Å². The number of hydrogen-bond acceptors (Lipinski definition) is 4. The number of fused-ring (bicyclic) bond motifs is 3. The van der Waals surface area contributed by atoms with Crippen LogP contribution in [0.25, 0.3) is 11.1 Å². The van der Waals surface area contributed by atoms with Gasteiger partial charge in [-0.15, -0.1) is 0 Å². The Bertz CT molecular complexity index is 836. The van der Waals surface area contributed by atoms with Gasteiger partial charge in [0.2, 0.25) is 0 Å². The molecule has 33 heavy (non-hydrogen) atoms. The second-order valence-electron chi connectivity index (χ2n) is 8.55. The zero-order valence-corrected chi connectivity index (χ0v) is 25.2. The van der Waals surface area contributed by atoms with E-state index in [2.05, 4.69) is 68.3 Å². The van der Waals surface area contributed by atoms with E-state index in [1.165, 1.54) is 32.4 Å². The van der Waals surface area contributed by atoms with Crippen molar-refractivity contribution in [3.05, 3.63) is 45.3 Å². The van der Waals surface area contributed by atoms with Gasteiger partial charge in [-0.05, 0) is 84.1 Å².